The quantitative estimate of drug-likeness (QED) is 0.591. The Morgan fingerprint density at radius 1 is 1.22 bits per heavy atom. The van der Waals surface area contributed by atoms with Gasteiger partial charge in [-0.25, -0.2) is 9.50 Å². The molecule has 2 aliphatic heterocycles. The number of carbonyl (C=O) groups is 1. The number of rotatable bonds is 3. The number of nitriles is 1. The molecule has 0 bridgehead atoms. The van der Waals surface area contributed by atoms with E-state index in [-0.39, 0.29) is 11.6 Å². The van der Waals surface area contributed by atoms with Gasteiger partial charge in [0.15, 0.2) is 5.65 Å². The summed E-state index contributed by atoms with van der Waals surface area (Å²) in [6, 6.07) is 8.03. The van der Waals surface area contributed by atoms with Gasteiger partial charge in [0, 0.05) is 43.0 Å². The van der Waals surface area contributed by atoms with Crippen molar-refractivity contribution in [1.29, 1.82) is 5.26 Å². The number of hydrogen-bond donors (Lipinski definition) is 1. The Bertz CT molecular complexity index is 1350. The molecule has 3 aromatic rings. The summed E-state index contributed by atoms with van der Waals surface area (Å²) in [4.78, 5) is 21.5. The van der Waals surface area contributed by atoms with Crippen molar-refractivity contribution in [3.05, 3.63) is 58.9 Å². The van der Waals surface area contributed by atoms with E-state index in [1.807, 2.05) is 18.0 Å². The topological polar surface area (TPSA) is 97.8 Å². The number of aromatic nitrogens is 3. The standard InChI is InChI=1S/C25H25F3N6O2/c1-15-12-34-22(30-23(15)32-13-17(11-29)21(35)14-32)10-19(31-34)20-7-2-3-8-33(20)24(36)16-5-4-6-18(9-16)25(26,27)28/h4-6,9-10,12,17,20-21,35H,2-3,7-8,13-14H2,1H3/t17-,20+,21+/m1/s1. The van der Waals surface area contributed by atoms with Crippen molar-refractivity contribution in [2.24, 2.45) is 5.92 Å². The van der Waals surface area contributed by atoms with E-state index < -0.39 is 29.7 Å². The number of hydrogen-bond acceptors (Lipinski definition) is 6. The van der Waals surface area contributed by atoms with Gasteiger partial charge in [-0.3, -0.25) is 4.79 Å². The van der Waals surface area contributed by atoms with Gasteiger partial charge in [0.05, 0.1) is 35.4 Å². The molecule has 0 saturated carbocycles. The largest absolute Gasteiger partial charge is 0.416 e. The molecule has 2 fully saturated rings. The second kappa shape index (κ2) is 9.09. The Balaban J connectivity index is 1.45. The fourth-order valence-electron chi connectivity index (χ4n) is 5.07. The van der Waals surface area contributed by atoms with E-state index in [2.05, 4.69) is 11.2 Å². The number of aryl methyl sites for hydroxylation is 1. The molecule has 1 N–H and O–H groups in total. The Hall–Kier alpha value is -3.65. The number of anilines is 1. The van der Waals surface area contributed by atoms with Crippen molar-refractivity contribution in [2.45, 2.75) is 44.5 Å². The van der Waals surface area contributed by atoms with E-state index in [1.165, 1.54) is 12.1 Å². The van der Waals surface area contributed by atoms with E-state index in [0.29, 0.717) is 43.2 Å². The van der Waals surface area contributed by atoms with Gasteiger partial charge in [-0.1, -0.05) is 6.07 Å². The minimum Gasteiger partial charge on any atom is -0.390 e. The molecule has 1 amide bonds. The molecule has 8 nitrogen and oxygen atoms in total. The number of benzene rings is 1. The fraction of sp³-hybridized carbons (Fsp3) is 0.440. The lowest BCUT2D eigenvalue weighted by Crippen LogP contribution is -2.38. The number of β-amino-alcohol motifs (C(OH)–C–C–N with tert-alkyl or cyclic N) is 1. The average molecular weight is 499 g/mol. The predicted molar refractivity (Wildman–Crippen MR) is 124 cm³/mol. The van der Waals surface area contributed by atoms with Crippen molar-refractivity contribution in [1.82, 2.24) is 19.5 Å². The molecular weight excluding hydrogens is 473 g/mol. The second-order valence-corrected chi connectivity index (χ2v) is 9.42. The molecule has 2 aromatic heterocycles. The first kappa shape index (κ1) is 24.1. The summed E-state index contributed by atoms with van der Waals surface area (Å²) in [5.74, 6) is -0.284. The number of carbonyl (C=O) groups excluding carboxylic acids is 1. The van der Waals surface area contributed by atoms with E-state index >= 15 is 0 Å². The van der Waals surface area contributed by atoms with Crippen LogP contribution in [-0.4, -0.2) is 56.2 Å². The van der Waals surface area contributed by atoms with E-state index in [9.17, 15) is 28.3 Å². The van der Waals surface area contributed by atoms with Crippen LogP contribution in [0.1, 0.15) is 52.5 Å². The molecule has 5 rings (SSSR count). The van der Waals surface area contributed by atoms with Crippen LogP contribution >= 0.6 is 0 Å². The maximum atomic E-state index is 13.3. The highest BCUT2D eigenvalue weighted by atomic mass is 19.4. The maximum Gasteiger partial charge on any atom is 0.416 e. The van der Waals surface area contributed by atoms with Crippen LogP contribution in [0.15, 0.2) is 36.5 Å². The number of nitrogens with zero attached hydrogens (tertiary/aromatic N) is 6. The number of aliphatic hydroxyl groups is 1. The molecule has 1 aromatic carbocycles. The van der Waals surface area contributed by atoms with Gasteiger partial charge in [-0.05, 0) is 44.4 Å². The summed E-state index contributed by atoms with van der Waals surface area (Å²) < 4.78 is 41.2. The molecule has 11 heteroatoms. The highest BCUT2D eigenvalue weighted by molar-refractivity contribution is 5.94. The average Bonchev–Trinajstić information content (AvgIpc) is 3.45. The molecule has 36 heavy (non-hydrogen) atoms. The first-order chi connectivity index (χ1) is 17.2. The SMILES string of the molecule is Cc1cn2nc([C@@H]3CCCCN3C(=O)c3cccc(C(F)(F)F)c3)cc2nc1N1C[C@@H](C#N)[C@@H](O)C1. The highest BCUT2D eigenvalue weighted by Crippen LogP contribution is 2.34. The van der Waals surface area contributed by atoms with Crippen LogP contribution in [0.4, 0.5) is 19.0 Å². The maximum absolute atomic E-state index is 13.3. The third kappa shape index (κ3) is 4.37. The van der Waals surface area contributed by atoms with Crippen LogP contribution in [0.3, 0.4) is 0 Å². The highest BCUT2D eigenvalue weighted by Gasteiger charge is 2.35. The van der Waals surface area contributed by atoms with Gasteiger partial charge in [0.25, 0.3) is 5.91 Å². The van der Waals surface area contributed by atoms with Gasteiger partial charge < -0.3 is 14.9 Å². The number of halogens is 3. The summed E-state index contributed by atoms with van der Waals surface area (Å²) in [6.07, 6.45) is -1.20. The van der Waals surface area contributed by atoms with Gasteiger partial charge in [-0.15, -0.1) is 0 Å². The lowest BCUT2D eigenvalue weighted by Gasteiger charge is -2.35. The van der Waals surface area contributed by atoms with Crippen molar-refractivity contribution >= 4 is 17.4 Å². The van der Waals surface area contributed by atoms with E-state index in [1.54, 1.807) is 15.5 Å². The minimum absolute atomic E-state index is 0.00335. The molecular formula is C25H25F3N6O2. The number of aliphatic hydroxyl groups excluding tert-OH is 1. The molecule has 0 spiro atoms. The lowest BCUT2D eigenvalue weighted by atomic mass is 9.98. The Morgan fingerprint density at radius 2 is 2.03 bits per heavy atom. The first-order valence-electron chi connectivity index (χ1n) is 11.8. The van der Waals surface area contributed by atoms with Crippen LogP contribution in [0.25, 0.3) is 5.65 Å². The number of likely N-dealkylation sites (tertiary alicyclic amines) is 1. The second-order valence-electron chi connectivity index (χ2n) is 9.42. The van der Waals surface area contributed by atoms with Crippen molar-refractivity contribution in [3.8, 4) is 6.07 Å². The normalized spacial score (nSPS) is 22.7. The third-order valence-electron chi connectivity index (χ3n) is 6.92. The van der Waals surface area contributed by atoms with Gasteiger partial charge in [0.1, 0.15) is 5.82 Å². The van der Waals surface area contributed by atoms with Crippen LogP contribution in [0, 0.1) is 24.2 Å². The smallest absolute Gasteiger partial charge is 0.390 e. The van der Waals surface area contributed by atoms with Gasteiger partial charge in [-0.2, -0.15) is 23.5 Å². The minimum atomic E-state index is -4.53. The monoisotopic (exact) mass is 498 g/mol. The molecule has 0 aliphatic carbocycles. The fourth-order valence-corrected chi connectivity index (χ4v) is 5.07. The van der Waals surface area contributed by atoms with Crippen molar-refractivity contribution in [3.63, 3.8) is 0 Å². The molecule has 3 atom stereocenters. The summed E-state index contributed by atoms with van der Waals surface area (Å²) in [5, 5.41) is 24.0. The number of piperidine rings is 1. The van der Waals surface area contributed by atoms with Crippen LogP contribution < -0.4 is 4.90 Å². The molecule has 2 saturated heterocycles. The Labute approximate surface area is 205 Å². The Kier molecular flexibility index (Phi) is 6.08. The van der Waals surface area contributed by atoms with E-state index in [0.717, 1.165) is 30.5 Å². The Morgan fingerprint density at radius 3 is 2.75 bits per heavy atom. The lowest BCUT2D eigenvalue weighted by molar-refractivity contribution is -0.137. The molecule has 0 unspecified atom stereocenters. The molecule has 4 heterocycles. The zero-order chi connectivity index (χ0) is 25.6. The van der Waals surface area contributed by atoms with Gasteiger partial charge >= 0.3 is 6.18 Å². The summed E-state index contributed by atoms with van der Waals surface area (Å²) in [6.45, 7) is 2.99. The van der Waals surface area contributed by atoms with Crippen LogP contribution in [0.2, 0.25) is 0 Å². The first-order valence-corrected chi connectivity index (χ1v) is 11.8. The summed E-state index contributed by atoms with van der Waals surface area (Å²) >= 11 is 0. The zero-order valence-corrected chi connectivity index (χ0v) is 19.6. The molecule has 188 valence electrons. The predicted octanol–water partition coefficient (Wildman–Crippen LogP) is 3.74. The number of alkyl halides is 3. The van der Waals surface area contributed by atoms with E-state index in [4.69, 9.17) is 4.98 Å². The zero-order valence-electron chi connectivity index (χ0n) is 19.6. The van der Waals surface area contributed by atoms with Gasteiger partial charge in [0.2, 0.25) is 0 Å². The van der Waals surface area contributed by atoms with Crippen molar-refractivity contribution < 1.29 is 23.1 Å². The number of amides is 1. The number of fused-ring (bicyclic) bond motifs is 1. The molecule has 2 aliphatic rings. The van der Waals surface area contributed by atoms with Crippen LogP contribution in [0.5, 0.6) is 0 Å². The van der Waals surface area contributed by atoms with Crippen LogP contribution in [-0.2, 0) is 6.18 Å². The summed E-state index contributed by atoms with van der Waals surface area (Å²) in [7, 11) is 0. The summed E-state index contributed by atoms with van der Waals surface area (Å²) in [5.41, 5.74) is 1.14. The third-order valence-corrected chi connectivity index (χ3v) is 6.92. The van der Waals surface area contributed by atoms with Crippen molar-refractivity contribution in [2.75, 3.05) is 24.5 Å². The molecule has 0 radical (unpaired) electrons.